The molecule has 4 heterocycles. The van der Waals surface area contributed by atoms with E-state index in [1.807, 2.05) is 71.3 Å². The number of imidazole rings is 1. The molecule has 0 unspecified atom stereocenters. The Balaban J connectivity index is 1.84. The van der Waals surface area contributed by atoms with Crippen LogP contribution in [0.15, 0.2) is 54.6 Å². The van der Waals surface area contributed by atoms with Gasteiger partial charge >= 0.3 is 0 Å². The van der Waals surface area contributed by atoms with Gasteiger partial charge in [0.1, 0.15) is 29.1 Å². The lowest BCUT2D eigenvalue weighted by Gasteiger charge is -2.09. The van der Waals surface area contributed by atoms with Crippen LogP contribution < -0.4 is 0 Å². The Hall–Kier alpha value is -4.82. The van der Waals surface area contributed by atoms with E-state index in [0.29, 0.717) is 29.8 Å². The van der Waals surface area contributed by atoms with E-state index in [4.69, 9.17) is 9.97 Å². The van der Waals surface area contributed by atoms with E-state index in [-0.39, 0.29) is 11.4 Å². The first kappa shape index (κ1) is 18.9. The summed E-state index contributed by atoms with van der Waals surface area (Å²) in [6, 6.07) is 21.9. The van der Waals surface area contributed by atoms with Crippen LogP contribution in [0.5, 0.6) is 0 Å². The topological polar surface area (TPSA) is 108 Å². The number of hydrogen-bond acceptors (Lipinski definition) is 6. The lowest BCUT2D eigenvalue weighted by atomic mass is 10.2. The van der Waals surface area contributed by atoms with E-state index in [2.05, 4.69) is 21.3 Å². The minimum atomic E-state index is -0.00223. The minimum absolute atomic E-state index is 0.00218. The first-order valence-corrected chi connectivity index (χ1v) is 10.6. The summed E-state index contributed by atoms with van der Waals surface area (Å²) in [5, 5.41) is 19.9. The van der Waals surface area contributed by atoms with Crippen LogP contribution in [-0.4, -0.2) is 28.9 Å². The van der Waals surface area contributed by atoms with Crippen LogP contribution in [0, 0.1) is 22.7 Å². The molecule has 33 heavy (non-hydrogen) atoms. The van der Waals surface area contributed by atoms with E-state index < -0.39 is 0 Å². The molecular weight excluding hydrogens is 412 g/mol. The summed E-state index contributed by atoms with van der Waals surface area (Å²) in [6.07, 6.45) is 0.702. The fraction of sp³-hybridized carbons (Fsp3) is 0.120. The zero-order valence-electron chi connectivity index (χ0n) is 17.7. The second-order valence-electron chi connectivity index (χ2n) is 7.73. The maximum Gasteiger partial charge on any atom is 0.179 e. The van der Waals surface area contributed by atoms with E-state index in [9.17, 15) is 10.5 Å². The normalized spacial score (nSPS) is 11.4. The molecule has 0 atom stereocenters. The fourth-order valence-corrected chi connectivity index (χ4v) is 4.38. The molecule has 0 aliphatic carbocycles. The summed E-state index contributed by atoms with van der Waals surface area (Å²) in [5.74, 6) is 0.865. The van der Waals surface area contributed by atoms with Crippen LogP contribution in [0.3, 0.4) is 0 Å². The highest BCUT2D eigenvalue weighted by Gasteiger charge is 2.24. The summed E-state index contributed by atoms with van der Waals surface area (Å²) >= 11 is 0. The molecule has 0 amide bonds. The van der Waals surface area contributed by atoms with Crippen molar-refractivity contribution in [1.29, 1.82) is 10.5 Å². The highest BCUT2D eigenvalue weighted by molar-refractivity contribution is 6.11. The molecule has 0 aliphatic heterocycles. The van der Waals surface area contributed by atoms with E-state index in [1.54, 1.807) is 0 Å². The predicted molar refractivity (Wildman–Crippen MR) is 123 cm³/mol. The van der Waals surface area contributed by atoms with Gasteiger partial charge in [-0.2, -0.15) is 10.5 Å². The second-order valence-corrected chi connectivity index (χ2v) is 7.73. The van der Waals surface area contributed by atoms with E-state index in [1.165, 1.54) is 0 Å². The van der Waals surface area contributed by atoms with Crippen LogP contribution in [0.1, 0.15) is 29.7 Å². The molecule has 0 bridgehead atoms. The largest absolute Gasteiger partial charge is 0.304 e. The first-order valence-electron chi connectivity index (χ1n) is 10.6. The predicted octanol–water partition coefficient (Wildman–Crippen LogP) is 4.13. The van der Waals surface area contributed by atoms with Gasteiger partial charge in [0.2, 0.25) is 0 Å². The lowest BCUT2D eigenvalue weighted by Crippen LogP contribution is -2.06. The number of rotatable bonds is 3. The zero-order valence-corrected chi connectivity index (χ0v) is 17.7. The van der Waals surface area contributed by atoms with Gasteiger partial charge in [0.25, 0.3) is 0 Å². The molecular formula is C25H16N8. The third-order valence-corrected chi connectivity index (χ3v) is 5.84. The molecule has 0 saturated carbocycles. The third kappa shape index (κ3) is 2.68. The van der Waals surface area contributed by atoms with Crippen molar-refractivity contribution in [1.82, 2.24) is 28.9 Å². The van der Waals surface area contributed by atoms with Crippen LogP contribution in [0.25, 0.3) is 38.9 Å². The van der Waals surface area contributed by atoms with Crippen molar-refractivity contribution in [3.05, 3.63) is 77.4 Å². The molecule has 0 aliphatic rings. The van der Waals surface area contributed by atoms with E-state index >= 15 is 0 Å². The van der Waals surface area contributed by atoms with Gasteiger partial charge in [-0.25, -0.2) is 19.9 Å². The molecule has 156 valence electrons. The maximum absolute atomic E-state index is 9.59. The second kappa shape index (κ2) is 7.11. The number of aromatic nitrogens is 6. The van der Waals surface area contributed by atoms with Crippen LogP contribution in [0.2, 0.25) is 0 Å². The average Bonchev–Trinajstić information content (AvgIpc) is 3.39. The molecule has 6 rings (SSSR count). The van der Waals surface area contributed by atoms with Crippen LogP contribution in [-0.2, 0) is 13.0 Å². The number of nitriles is 2. The fourth-order valence-electron chi connectivity index (χ4n) is 4.38. The van der Waals surface area contributed by atoms with Crippen molar-refractivity contribution < 1.29 is 0 Å². The van der Waals surface area contributed by atoms with Gasteiger partial charge in [0.15, 0.2) is 22.7 Å². The molecule has 0 radical (unpaired) electrons. The van der Waals surface area contributed by atoms with Gasteiger partial charge in [-0.1, -0.05) is 49.4 Å². The molecule has 0 N–H and O–H groups in total. The number of aryl methyl sites for hydroxylation is 1. The van der Waals surface area contributed by atoms with Gasteiger partial charge in [0, 0.05) is 6.42 Å². The summed E-state index contributed by atoms with van der Waals surface area (Å²) in [6.45, 7) is 2.56. The number of hydrogen-bond donors (Lipinski definition) is 0. The average molecular weight is 428 g/mol. The highest BCUT2D eigenvalue weighted by Crippen LogP contribution is 2.32. The van der Waals surface area contributed by atoms with Crippen molar-refractivity contribution in [2.24, 2.45) is 0 Å². The van der Waals surface area contributed by atoms with E-state index in [0.717, 1.165) is 33.5 Å². The highest BCUT2D eigenvalue weighted by atomic mass is 15.2. The summed E-state index contributed by atoms with van der Waals surface area (Å²) < 4.78 is 4.02. The van der Waals surface area contributed by atoms with Crippen LogP contribution >= 0.6 is 0 Å². The monoisotopic (exact) mass is 428 g/mol. The molecule has 8 nitrogen and oxygen atoms in total. The Morgan fingerprint density at radius 1 is 0.788 bits per heavy atom. The summed E-state index contributed by atoms with van der Waals surface area (Å²) in [7, 11) is 0. The Morgan fingerprint density at radius 3 is 2.27 bits per heavy atom. The van der Waals surface area contributed by atoms with Gasteiger partial charge in [-0.3, -0.25) is 4.40 Å². The summed E-state index contributed by atoms with van der Waals surface area (Å²) in [5.41, 5.74) is 5.32. The molecule has 0 spiro atoms. The number of benzene rings is 2. The Bertz CT molecular complexity index is 1800. The van der Waals surface area contributed by atoms with Crippen LogP contribution in [0.4, 0.5) is 0 Å². The smallest absolute Gasteiger partial charge is 0.179 e. The molecule has 8 heteroatoms. The Morgan fingerprint density at radius 2 is 1.52 bits per heavy atom. The Kier molecular flexibility index (Phi) is 4.08. The minimum Gasteiger partial charge on any atom is -0.304 e. The number of para-hydroxylation sites is 2. The van der Waals surface area contributed by atoms with Gasteiger partial charge in [-0.05, 0) is 17.7 Å². The van der Waals surface area contributed by atoms with Crippen molar-refractivity contribution in [3.8, 4) is 12.1 Å². The van der Waals surface area contributed by atoms with Crippen molar-refractivity contribution in [2.75, 3.05) is 0 Å². The maximum atomic E-state index is 9.59. The molecule has 2 aromatic carbocycles. The third-order valence-electron chi connectivity index (χ3n) is 5.84. The van der Waals surface area contributed by atoms with Gasteiger partial charge in [-0.15, -0.1) is 0 Å². The SMILES string of the molecule is CCc1nc2c(c3nc(C#N)c(C#N)nc3n2Cc2ccccc2)c2nc3ccccc3n12. The Labute approximate surface area is 188 Å². The zero-order chi connectivity index (χ0) is 22.5. The van der Waals surface area contributed by atoms with Crippen molar-refractivity contribution in [2.45, 2.75) is 19.9 Å². The molecule has 0 fully saturated rings. The lowest BCUT2D eigenvalue weighted by molar-refractivity contribution is 0.826. The van der Waals surface area contributed by atoms with Crippen molar-refractivity contribution in [3.63, 3.8) is 0 Å². The summed E-state index contributed by atoms with van der Waals surface area (Å²) in [4.78, 5) is 19.1. The quantitative estimate of drug-likeness (QED) is 0.419. The number of fused-ring (bicyclic) bond motifs is 7. The van der Waals surface area contributed by atoms with Crippen molar-refractivity contribution >= 4 is 38.9 Å². The standard InChI is InChI=1S/C25H16N8/c1-2-20-31-23-21(24-29-16-10-6-7-11-19(16)33(20)24)22-25(30-18(13-27)17(12-26)28-22)32(23)14-15-8-4-3-5-9-15/h3-11H,2,14H2,1H3. The molecule has 0 saturated heterocycles. The molecule has 6 aromatic rings. The first-order chi connectivity index (χ1) is 16.2. The molecule has 4 aromatic heterocycles. The van der Waals surface area contributed by atoms with Gasteiger partial charge < -0.3 is 4.57 Å². The van der Waals surface area contributed by atoms with Gasteiger partial charge in [0.05, 0.1) is 23.0 Å². The number of nitrogens with zero attached hydrogens (tertiary/aromatic N) is 8.